The highest BCUT2D eigenvalue weighted by molar-refractivity contribution is 7.88. The van der Waals surface area contributed by atoms with Crippen molar-refractivity contribution in [3.8, 4) is 0 Å². The van der Waals surface area contributed by atoms with Crippen LogP contribution in [0.5, 0.6) is 0 Å². The lowest BCUT2D eigenvalue weighted by Gasteiger charge is -2.30. The van der Waals surface area contributed by atoms with Gasteiger partial charge in [-0.2, -0.15) is 55.1 Å². The molecular weight excluding hydrogens is 1080 g/mol. The first-order valence-electron chi connectivity index (χ1n) is 21.0. The summed E-state index contributed by atoms with van der Waals surface area (Å²) in [5, 5.41) is 3.02. The van der Waals surface area contributed by atoms with Crippen LogP contribution in [0.4, 0.5) is 11.4 Å². The zero-order valence-corrected chi connectivity index (χ0v) is 44.2. The standard InChI is InChI=1S/C40H49N3O19S8/c1-24-20-28-34(25-22-32(63-36(24)25)69(57,58)59)42(14-8-18-67(51,52)53)30(39(28,2)3)10-5-11-31-40(4,12-6-16-65(45,46)47)29-21-27(38(44)41-13-7-17-66(48,49)50)37-26(23-33(64-37)70(60,61)62)35(29)43(31)15-9-19-68(54,55)56/h5,10-11,20-23H,6-9,12-19H2,1-4H3,(H6-,41,44,45,46,47,48,49,50,51,52,53,54,55,56,57,58,59,60,61,62)/p+1. The lowest BCUT2D eigenvalue weighted by atomic mass is 9.76. The van der Waals surface area contributed by atoms with E-state index in [4.69, 9.17) is 0 Å². The Hall–Kier alpha value is -3.76. The van der Waals surface area contributed by atoms with Crippen molar-refractivity contribution in [3.63, 3.8) is 0 Å². The van der Waals surface area contributed by atoms with Gasteiger partial charge in [0.15, 0.2) is 5.71 Å². The third-order valence-electron chi connectivity index (χ3n) is 12.1. The minimum absolute atomic E-state index is 0.00395. The quantitative estimate of drug-likeness (QED) is 0.0336. The van der Waals surface area contributed by atoms with Crippen LogP contribution >= 0.6 is 22.7 Å². The number of allylic oxidation sites excluding steroid dienone is 4. The summed E-state index contributed by atoms with van der Waals surface area (Å²) in [7, 11) is -27.6. The molecule has 0 spiro atoms. The van der Waals surface area contributed by atoms with Crippen LogP contribution in [0, 0.1) is 6.92 Å². The van der Waals surface area contributed by atoms with Crippen LogP contribution in [0.2, 0.25) is 0 Å². The number of hydrogen-bond donors (Lipinski definition) is 7. The molecule has 0 aliphatic carbocycles. The third kappa shape index (κ3) is 12.3. The first-order valence-corrected chi connectivity index (χ1v) is 31.9. The lowest BCUT2D eigenvalue weighted by molar-refractivity contribution is -0.435. The zero-order valence-electron chi connectivity index (χ0n) is 37.7. The van der Waals surface area contributed by atoms with Crippen molar-refractivity contribution in [2.45, 2.75) is 79.0 Å². The summed E-state index contributed by atoms with van der Waals surface area (Å²) in [6.07, 6.45) is 3.91. The van der Waals surface area contributed by atoms with Gasteiger partial charge >= 0.3 is 20.2 Å². The molecule has 4 heterocycles. The van der Waals surface area contributed by atoms with Crippen molar-refractivity contribution in [2.75, 3.05) is 47.5 Å². The number of nitrogens with one attached hydrogen (secondary N) is 1. The average molecular weight is 1130 g/mol. The smallest absolute Gasteiger partial charge is 0.304 e. The van der Waals surface area contributed by atoms with Gasteiger partial charge in [0.1, 0.15) is 15.0 Å². The van der Waals surface area contributed by atoms with Crippen molar-refractivity contribution >= 4 is 127 Å². The van der Waals surface area contributed by atoms with Gasteiger partial charge in [0.05, 0.1) is 49.8 Å². The monoisotopic (exact) mass is 1130 g/mol. The molecule has 2 aromatic carbocycles. The Balaban J connectivity index is 1.62. The van der Waals surface area contributed by atoms with Crippen LogP contribution in [0.1, 0.15) is 79.9 Å². The van der Waals surface area contributed by atoms with Gasteiger partial charge in [0.2, 0.25) is 5.69 Å². The molecule has 1 atom stereocenters. The minimum Gasteiger partial charge on any atom is -0.352 e. The molecule has 0 saturated carbocycles. The fourth-order valence-corrected chi connectivity index (χ4v) is 14.7. The number of nitrogens with zero attached hydrogens (tertiary/aromatic N) is 2. The maximum absolute atomic E-state index is 14.0. The summed E-state index contributed by atoms with van der Waals surface area (Å²) in [4.78, 5) is 15.6. The Labute approximate surface area is 413 Å². The number of carbonyl (C=O) groups excluding carboxylic acids is 1. The van der Waals surface area contributed by atoms with E-state index in [1.54, 1.807) is 41.6 Å². The number of aryl methyl sites for hydroxylation is 1. The molecule has 1 unspecified atom stereocenters. The number of carbonyl (C=O) groups is 1. The molecule has 30 heteroatoms. The van der Waals surface area contributed by atoms with Gasteiger partial charge in [-0.1, -0.05) is 6.08 Å². The normalized spacial score (nSPS) is 18.5. The summed E-state index contributed by atoms with van der Waals surface area (Å²) in [6, 6.07) is 5.64. The fourth-order valence-electron chi connectivity index (χ4n) is 9.05. The molecule has 0 bridgehead atoms. The predicted octanol–water partition coefficient (Wildman–Crippen LogP) is 4.74. The van der Waals surface area contributed by atoms with E-state index in [1.807, 2.05) is 19.9 Å². The molecule has 70 heavy (non-hydrogen) atoms. The van der Waals surface area contributed by atoms with Gasteiger partial charge in [-0.25, -0.2) is 0 Å². The van der Waals surface area contributed by atoms with Crippen molar-refractivity contribution in [3.05, 3.63) is 70.4 Å². The molecule has 0 radical (unpaired) electrons. The highest BCUT2D eigenvalue weighted by Gasteiger charge is 2.48. The van der Waals surface area contributed by atoms with Gasteiger partial charge in [0.25, 0.3) is 46.4 Å². The van der Waals surface area contributed by atoms with E-state index in [-0.39, 0.29) is 82.8 Å². The van der Waals surface area contributed by atoms with Crippen molar-refractivity contribution in [1.82, 2.24) is 5.32 Å². The van der Waals surface area contributed by atoms with Gasteiger partial charge in [0, 0.05) is 52.3 Å². The Bertz CT molecular complexity index is 3610. The Morgan fingerprint density at radius 3 is 1.79 bits per heavy atom. The van der Waals surface area contributed by atoms with E-state index in [0.717, 1.165) is 17.4 Å². The van der Waals surface area contributed by atoms with Crippen LogP contribution in [-0.4, -0.2) is 137 Å². The highest BCUT2D eigenvalue weighted by atomic mass is 32.3. The molecule has 6 rings (SSSR count). The van der Waals surface area contributed by atoms with Crippen molar-refractivity contribution in [2.24, 2.45) is 0 Å². The van der Waals surface area contributed by atoms with Crippen LogP contribution < -0.4 is 10.2 Å². The summed E-state index contributed by atoms with van der Waals surface area (Å²) in [5.41, 5.74) is 0.658. The molecule has 2 aromatic heterocycles. The van der Waals surface area contributed by atoms with Crippen molar-refractivity contribution in [1.29, 1.82) is 0 Å². The van der Waals surface area contributed by atoms with Gasteiger partial charge in [-0.05, 0) is 94.8 Å². The van der Waals surface area contributed by atoms with E-state index < -0.39 is 105 Å². The highest BCUT2D eigenvalue weighted by Crippen LogP contribution is 2.56. The molecule has 4 aromatic rings. The topological polar surface area (TPSA) is 362 Å². The number of thiophene rings is 2. The average Bonchev–Trinajstić information content (AvgIpc) is 3.94. The Kier molecular flexibility index (Phi) is 15.5. The number of benzene rings is 2. The number of amides is 1. The molecule has 1 amide bonds. The Morgan fingerprint density at radius 1 is 0.686 bits per heavy atom. The molecule has 386 valence electrons. The van der Waals surface area contributed by atoms with E-state index >= 15 is 0 Å². The maximum atomic E-state index is 14.0. The van der Waals surface area contributed by atoms with E-state index in [0.29, 0.717) is 49.6 Å². The lowest BCUT2D eigenvalue weighted by Crippen LogP contribution is -2.31. The van der Waals surface area contributed by atoms with Crippen molar-refractivity contribution < 1.29 is 87.2 Å². The molecule has 2 aliphatic heterocycles. The number of anilines is 1. The second kappa shape index (κ2) is 19.6. The van der Waals surface area contributed by atoms with E-state index in [2.05, 4.69) is 5.32 Å². The largest absolute Gasteiger partial charge is 0.352 e. The second-order valence-corrected chi connectivity index (χ2v) is 29.3. The SMILES string of the molecule is Cc1cc2c(c3cc(S(=O)(=O)O)sc13)[N+](CCCS(=O)(=O)O)=C(/C=C/C=C1\N(CCCS(=O)(=O)O)c3c(cc(C(=O)NCCCS(=O)(=O)O)c4sc(S(=O)(=O)O)cc34)C1(C)CCCS(=O)(=O)O)C2(C)C. The molecule has 7 N–H and O–H groups in total. The molecule has 22 nitrogen and oxygen atoms in total. The minimum atomic E-state index is -4.94. The maximum Gasteiger partial charge on any atom is 0.304 e. The van der Waals surface area contributed by atoms with E-state index in [1.165, 1.54) is 12.1 Å². The van der Waals surface area contributed by atoms with Crippen LogP contribution in [-0.2, 0) is 71.5 Å². The number of rotatable bonds is 21. The predicted molar refractivity (Wildman–Crippen MR) is 264 cm³/mol. The summed E-state index contributed by atoms with van der Waals surface area (Å²) < 4.78 is 205. The summed E-state index contributed by atoms with van der Waals surface area (Å²) >= 11 is 1.34. The second-order valence-electron chi connectivity index (χ2n) is 17.6. The molecule has 0 saturated heterocycles. The van der Waals surface area contributed by atoms with E-state index in [9.17, 15) is 82.6 Å². The first kappa shape index (κ1) is 55.6. The van der Waals surface area contributed by atoms with Crippen LogP contribution in [0.25, 0.3) is 20.2 Å². The van der Waals surface area contributed by atoms with Gasteiger partial charge < -0.3 is 10.2 Å². The zero-order chi connectivity index (χ0) is 52.4. The van der Waals surface area contributed by atoms with Gasteiger partial charge in [-0.15, -0.1) is 22.7 Å². The third-order valence-corrected chi connectivity index (χ3v) is 20.3. The molecule has 0 fully saturated rings. The van der Waals surface area contributed by atoms with Crippen LogP contribution in [0.15, 0.2) is 56.6 Å². The van der Waals surface area contributed by atoms with Gasteiger partial charge in [-0.3, -0.25) is 32.1 Å². The number of fused-ring (bicyclic) bond motifs is 6. The molecular formula is C40H50N3O19S8+. The summed E-state index contributed by atoms with van der Waals surface area (Å²) in [5.74, 6) is -3.68. The number of hydrogen-bond acceptors (Lipinski definition) is 16. The Morgan fingerprint density at radius 2 is 1.21 bits per heavy atom. The van der Waals surface area contributed by atoms with Crippen LogP contribution in [0.3, 0.4) is 0 Å². The summed E-state index contributed by atoms with van der Waals surface area (Å²) in [6.45, 7) is 6.59. The first-order chi connectivity index (χ1) is 31.9. The fraction of sp³-hybridized carbons (Fsp3) is 0.450. The molecule has 2 aliphatic rings.